The van der Waals surface area contributed by atoms with Gasteiger partial charge >= 0.3 is 8.80 Å². The van der Waals surface area contributed by atoms with Crippen molar-refractivity contribution in [1.82, 2.24) is 0 Å². The minimum atomic E-state index is -3.45. The summed E-state index contributed by atoms with van der Waals surface area (Å²) >= 11 is 0. The van der Waals surface area contributed by atoms with Gasteiger partial charge in [-0.05, 0) is 38.8 Å². The highest BCUT2D eigenvalue weighted by Crippen LogP contribution is 2.20. The molecule has 1 aromatic rings. The molecule has 0 fully saturated rings. The highest BCUT2D eigenvalue weighted by molar-refractivity contribution is 6.77. The van der Waals surface area contributed by atoms with Crippen molar-refractivity contribution in [2.45, 2.75) is 40.5 Å². The summed E-state index contributed by atoms with van der Waals surface area (Å²) in [5.74, 6) is -1.48. The molecule has 0 bridgehead atoms. The first kappa shape index (κ1) is 21.3. The zero-order valence-corrected chi connectivity index (χ0v) is 16.4. The topological polar surface area (TPSA) is 114 Å². The summed E-state index contributed by atoms with van der Waals surface area (Å²) in [5.41, 5.74) is 12.0. The summed E-state index contributed by atoms with van der Waals surface area (Å²) in [5, 5.41) is 0.462. The van der Waals surface area contributed by atoms with Crippen LogP contribution in [0.4, 0.5) is 0 Å². The third-order valence-corrected chi connectivity index (χ3v) is 6.82. The van der Waals surface area contributed by atoms with Gasteiger partial charge in [-0.25, -0.2) is 0 Å². The van der Waals surface area contributed by atoms with Gasteiger partial charge in [0.15, 0.2) is 0 Å². The molecule has 2 amide bonds. The van der Waals surface area contributed by atoms with E-state index in [1.165, 1.54) is 6.07 Å². The lowest BCUT2D eigenvalue weighted by atomic mass is 10.00. The molecule has 0 radical (unpaired) electrons. The minimum absolute atomic E-state index is 0.0421. The summed E-state index contributed by atoms with van der Waals surface area (Å²) in [6.07, 6.45) is 1.49. The molecule has 0 saturated carbocycles. The van der Waals surface area contributed by atoms with Crippen LogP contribution in [-0.4, -0.2) is 40.4 Å². The molecule has 0 aliphatic carbocycles. The highest BCUT2D eigenvalue weighted by atomic mass is 28.4. The Morgan fingerprint density at radius 1 is 0.920 bits per heavy atom. The molecule has 0 unspecified atom stereocenters. The molecule has 0 saturated heterocycles. The largest absolute Gasteiger partial charge is 0.538 e. The predicted molar refractivity (Wildman–Crippen MR) is 97.7 cm³/mol. The Morgan fingerprint density at radius 3 is 1.80 bits per heavy atom. The summed E-state index contributed by atoms with van der Waals surface area (Å²) < 4.78 is 17.8. The summed E-state index contributed by atoms with van der Waals surface area (Å²) in [6, 6.07) is 3.30. The lowest BCUT2D eigenvalue weighted by Gasteiger charge is -2.32. The number of carbonyl (C=O) groups excluding carboxylic acids is 2. The van der Waals surface area contributed by atoms with Crippen molar-refractivity contribution in [1.29, 1.82) is 0 Å². The third kappa shape index (κ3) is 4.66. The van der Waals surface area contributed by atoms with E-state index in [0.29, 0.717) is 31.4 Å². The zero-order valence-electron chi connectivity index (χ0n) is 15.4. The monoisotopic (exact) mass is 368 g/mol. The van der Waals surface area contributed by atoms with Crippen LogP contribution in [0.5, 0.6) is 0 Å². The number of nitrogens with two attached hydrogens (primary N) is 2. The smallest absolute Gasteiger partial charge is 0.370 e. The quantitative estimate of drug-likeness (QED) is 0.568. The Bertz CT molecular complexity index is 604. The molecular formula is C17H28N2O5Si. The van der Waals surface area contributed by atoms with Crippen LogP contribution in [0.1, 0.15) is 60.4 Å². The fourth-order valence-electron chi connectivity index (χ4n) is 2.85. The molecule has 0 aliphatic rings. The molecule has 140 valence electrons. The molecule has 7 nitrogen and oxygen atoms in total. The van der Waals surface area contributed by atoms with Gasteiger partial charge in [-0.15, -0.1) is 0 Å². The fraction of sp³-hybridized carbons (Fsp3) is 0.529. The Labute approximate surface area is 150 Å². The first-order valence-corrected chi connectivity index (χ1v) is 10.3. The molecular weight excluding hydrogens is 340 g/mol. The number of hydrogen-bond acceptors (Lipinski definition) is 5. The van der Waals surface area contributed by atoms with Crippen LogP contribution in [0.3, 0.4) is 0 Å². The van der Waals surface area contributed by atoms with Crippen LogP contribution in [0, 0.1) is 0 Å². The van der Waals surface area contributed by atoms with Crippen LogP contribution in [0.15, 0.2) is 12.1 Å². The normalized spacial score (nSPS) is 11.5. The van der Waals surface area contributed by atoms with Crippen molar-refractivity contribution in [2.24, 2.45) is 11.5 Å². The van der Waals surface area contributed by atoms with E-state index in [2.05, 4.69) is 0 Å². The Morgan fingerprint density at radius 2 is 1.44 bits per heavy atom. The zero-order chi connectivity index (χ0) is 19.0. The van der Waals surface area contributed by atoms with Gasteiger partial charge in [0, 0.05) is 25.0 Å². The Balaban J connectivity index is 3.88. The summed E-state index contributed by atoms with van der Waals surface area (Å²) in [4.78, 5) is 24.1. The molecule has 0 spiro atoms. The van der Waals surface area contributed by atoms with E-state index in [0.717, 1.165) is 12.0 Å². The first-order chi connectivity index (χ1) is 11.9. The SMILES string of the molecule is CCCc1ccc(C(N)=O)c(C(N)=O)c1[Si](OCC)(OCC)OCC. The molecule has 1 rings (SSSR count). The van der Waals surface area contributed by atoms with Gasteiger partial charge in [0.1, 0.15) is 0 Å². The van der Waals surface area contributed by atoms with Gasteiger partial charge in [0.25, 0.3) is 0 Å². The van der Waals surface area contributed by atoms with Crippen LogP contribution in [0.25, 0.3) is 0 Å². The van der Waals surface area contributed by atoms with Crippen LogP contribution in [-0.2, 0) is 19.7 Å². The Kier molecular flexibility index (Phi) is 8.23. The highest BCUT2D eigenvalue weighted by Gasteiger charge is 2.48. The standard InChI is InChI=1S/C17H28N2O5Si/c1-5-9-12-10-11-13(16(18)20)14(17(19)21)15(12)25(22-6-2,23-7-3)24-8-4/h10-11H,5-9H2,1-4H3,(H2,18,20)(H2,19,21). The van der Waals surface area contributed by atoms with Crippen LogP contribution < -0.4 is 16.7 Å². The first-order valence-electron chi connectivity index (χ1n) is 8.56. The maximum Gasteiger partial charge on any atom is 0.538 e. The van der Waals surface area contributed by atoms with Crippen molar-refractivity contribution >= 4 is 25.8 Å². The van der Waals surface area contributed by atoms with E-state index in [1.807, 2.05) is 27.7 Å². The molecule has 0 aliphatic heterocycles. The molecule has 8 heteroatoms. The number of hydrogen-bond donors (Lipinski definition) is 2. The number of benzene rings is 1. The lowest BCUT2D eigenvalue weighted by Crippen LogP contribution is -2.60. The lowest BCUT2D eigenvalue weighted by molar-refractivity contribution is 0.0845. The molecule has 4 N–H and O–H groups in total. The summed E-state index contributed by atoms with van der Waals surface area (Å²) in [6.45, 7) is 8.47. The third-order valence-electron chi connectivity index (χ3n) is 3.63. The van der Waals surface area contributed by atoms with E-state index >= 15 is 0 Å². The van der Waals surface area contributed by atoms with Crippen molar-refractivity contribution in [3.63, 3.8) is 0 Å². The number of carbonyl (C=O) groups is 2. The van der Waals surface area contributed by atoms with Crippen molar-refractivity contribution < 1.29 is 22.9 Å². The minimum Gasteiger partial charge on any atom is -0.370 e. The van der Waals surface area contributed by atoms with E-state index in [1.54, 1.807) is 6.07 Å². The van der Waals surface area contributed by atoms with Gasteiger partial charge < -0.3 is 24.7 Å². The molecule has 1 aromatic carbocycles. The van der Waals surface area contributed by atoms with Gasteiger partial charge in [-0.1, -0.05) is 19.4 Å². The second-order valence-electron chi connectivity index (χ2n) is 5.36. The van der Waals surface area contributed by atoms with Crippen molar-refractivity contribution in [3.8, 4) is 0 Å². The predicted octanol–water partition coefficient (Wildman–Crippen LogP) is 1.09. The fourth-order valence-corrected chi connectivity index (χ4v) is 5.83. The number of amides is 2. The van der Waals surface area contributed by atoms with Crippen molar-refractivity contribution in [2.75, 3.05) is 19.8 Å². The van der Waals surface area contributed by atoms with Gasteiger partial charge in [-0.2, -0.15) is 0 Å². The summed E-state index contributed by atoms with van der Waals surface area (Å²) in [7, 11) is -3.45. The van der Waals surface area contributed by atoms with E-state index < -0.39 is 20.6 Å². The second kappa shape index (κ2) is 9.67. The second-order valence-corrected chi connectivity index (χ2v) is 7.83. The maximum absolute atomic E-state index is 12.2. The van der Waals surface area contributed by atoms with Gasteiger partial charge in [0.05, 0.1) is 11.1 Å². The molecule has 0 atom stereocenters. The number of rotatable bonds is 11. The average Bonchev–Trinajstić information content (AvgIpc) is 2.54. The van der Waals surface area contributed by atoms with E-state index in [4.69, 9.17) is 24.7 Å². The number of primary amides is 2. The van der Waals surface area contributed by atoms with E-state index in [-0.39, 0.29) is 11.1 Å². The van der Waals surface area contributed by atoms with E-state index in [9.17, 15) is 9.59 Å². The van der Waals surface area contributed by atoms with Crippen LogP contribution >= 0.6 is 0 Å². The molecule has 25 heavy (non-hydrogen) atoms. The molecule has 0 aromatic heterocycles. The number of aryl methyl sites for hydroxylation is 1. The van der Waals surface area contributed by atoms with Gasteiger partial charge in [-0.3, -0.25) is 9.59 Å². The van der Waals surface area contributed by atoms with Crippen LogP contribution in [0.2, 0.25) is 0 Å². The maximum atomic E-state index is 12.2. The average molecular weight is 369 g/mol. The van der Waals surface area contributed by atoms with Crippen molar-refractivity contribution in [3.05, 3.63) is 28.8 Å². The molecule has 0 heterocycles. The Hall–Kier alpha value is -1.74. The van der Waals surface area contributed by atoms with Gasteiger partial charge in [0.2, 0.25) is 11.8 Å².